The second-order valence-corrected chi connectivity index (χ2v) is 7.10. The number of hydrogen-bond acceptors (Lipinski definition) is 4. The van der Waals surface area contributed by atoms with Crippen molar-refractivity contribution in [3.8, 4) is 0 Å². The molecule has 2 aliphatic heterocycles. The van der Waals surface area contributed by atoms with Crippen molar-refractivity contribution >= 4 is 5.69 Å². The number of nitro groups is 1. The van der Waals surface area contributed by atoms with Crippen LogP contribution in [0.25, 0.3) is 0 Å². The zero-order chi connectivity index (χ0) is 17.1. The average molecular weight is 324 g/mol. The summed E-state index contributed by atoms with van der Waals surface area (Å²) >= 11 is 0. The Labute approximate surface area is 141 Å². The van der Waals surface area contributed by atoms with Crippen molar-refractivity contribution in [2.45, 2.75) is 37.8 Å². The molecular formula is C19H20N2O3. The number of para-hydroxylation sites is 1. The van der Waals surface area contributed by atoms with Crippen molar-refractivity contribution in [1.82, 2.24) is 0 Å². The highest BCUT2D eigenvalue weighted by atomic mass is 16.6. The minimum atomic E-state index is -0.602. The third kappa shape index (κ3) is 1.75. The molecule has 1 spiro atoms. The largest absolute Gasteiger partial charge is 0.467 e. The third-order valence-electron chi connectivity index (χ3n) is 5.59. The Morgan fingerprint density at radius 1 is 1.25 bits per heavy atom. The van der Waals surface area contributed by atoms with Gasteiger partial charge >= 0.3 is 0 Å². The number of fused-ring (bicyclic) bond motifs is 1. The first-order valence-electron chi connectivity index (χ1n) is 8.16. The molecule has 1 atom stereocenters. The predicted molar refractivity (Wildman–Crippen MR) is 92.2 cm³/mol. The van der Waals surface area contributed by atoms with E-state index in [2.05, 4.69) is 36.9 Å². The lowest BCUT2D eigenvalue weighted by atomic mass is 9.76. The molecule has 0 aromatic heterocycles. The Hall–Kier alpha value is -2.56. The van der Waals surface area contributed by atoms with E-state index < -0.39 is 5.72 Å². The number of benzene rings is 1. The second-order valence-electron chi connectivity index (χ2n) is 7.10. The topological polar surface area (TPSA) is 55.6 Å². The second kappa shape index (κ2) is 4.72. The first-order valence-corrected chi connectivity index (χ1v) is 8.16. The summed E-state index contributed by atoms with van der Waals surface area (Å²) in [5.41, 5.74) is 2.64. The van der Waals surface area contributed by atoms with Crippen LogP contribution in [0.3, 0.4) is 0 Å². The van der Waals surface area contributed by atoms with Gasteiger partial charge in [0.25, 0.3) is 0 Å². The van der Waals surface area contributed by atoms with E-state index >= 15 is 0 Å². The van der Waals surface area contributed by atoms with Gasteiger partial charge in [-0.05, 0) is 37.6 Å². The molecule has 0 saturated carbocycles. The molecule has 24 heavy (non-hydrogen) atoms. The van der Waals surface area contributed by atoms with Gasteiger partial charge < -0.3 is 9.64 Å². The van der Waals surface area contributed by atoms with Crippen molar-refractivity contribution in [3.05, 3.63) is 75.2 Å². The maximum absolute atomic E-state index is 11.0. The molecule has 4 rings (SSSR count). The molecule has 124 valence electrons. The van der Waals surface area contributed by atoms with Crippen LogP contribution >= 0.6 is 0 Å². The van der Waals surface area contributed by atoms with Gasteiger partial charge in [0.15, 0.2) is 0 Å². The molecule has 0 bridgehead atoms. The van der Waals surface area contributed by atoms with Gasteiger partial charge in [-0.2, -0.15) is 0 Å². The summed E-state index contributed by atoms with van der Waals surface area (Å²) in [5.74, 6) is 0.843. The molecule has 0 N–H and O–H groups in total. The number of rotatable bonds is 1. The molecule has 0 radical (unpaired) electrons. The smallest absolute Gasteiger partial charge is 0.247 e. The predicted octanol–water partition coefficient (Wildman–Crippen LogP) is 3.91. The maximum atomic E-state index is 11.0. The Bertz CT molecular complexity index is 835. The number of nitrogens with zero attached hydrogens (tertiary/aromatic N) is 2. The van der Waals surface area contributed by atoms with Crippen LogP contribution in [-0.2, 0) is 10.2 Å². The fourth-order valence-corrected chi connectivity index (χ4v) is 4.14. The number of ether oxygens (including phenoxy) is 1. The van der Waals surface area contributed by atoms with E-state index in [9.17, 15) is 10.1 Å². The first kappa shape index (κ1) is 15.0. The highest BCUT2D eigenvalue weighted by molar-refractivity contribution is 5.67. The molecule has 3 aliphatic rings. The fraction of sp³-hybridized carbons (Fsp3) is 0.368. The number of likely N-dealkylation sites (N-methyl/N-ethyl adjacent to an activating group) is 1. The van der Waals surface area contributed by atoms with E-state index in [1.165, 1.54) is 5.56 Å². The molecule has 1 aliphatic carbocycles. The van der Waals surface area contributed by atoms with Crippen molar-refractivity contribution < 1.29 is 9.66 Å². The van der Waals surface area contributed by atoms with E-state index in [1.54, 1.807) is 6.08 Å². The summed E-state index contributed by atoms with van der Waals surface area (Å²) in [6, 6.07) is 8.34. The fourth-order valence-electron chi connectivity index (χ4n) is 4.14. The van der Waals surface area contributed by atoms with E-state index in [1.807, 2.05) is 25.3 Å². The summed E-state index contributed by atoms with van der Waals surface area (Å²) in [6.07, 6.45) is 6.63. The Morgan fingerprint density at radius 2 is 2.00 bits per heavy atom. The van der Waals surface area contributed by atoms with Crippen LogP contribution in [0.2, 0.25) is 0 Å². The minimum Gasteiger partial charge on any atom is -0.467 e. The highest BCUT2D eigenvalue weighted by Gasteiger charge is 2.57. The standard InChI is InChI=1S/C19H20N2O3/c1-18(2)15-6-4-5-7-16(15)20(3)19(18)11-10-13-12-14(21(22)23)8-9-17(13)24-19/h4-7,10-12H,8-9H2,1-3H3/t19-/m1/s1. The van der Waals surface area contributed by atoms with Crippen LogP contribution in [0.15, 0.2) is 59.5 Å². The van der Waals surface area contributed by atoms with E-state index in [-0.39, 0.29) is 16.0 Å². The van der Waals surface area contributed by atoms with Crippen LogP contribution in [0.5, 0.6) is 0 Å². The number of hydrogen-bond donors (Lipinski definition) is 0. The maximum Gasteiger partial charge on any atom is 0.247 e. The van der Waals surface area contributed by atoms with Crippen LogP contribution in [-0.4, -0.2) is 17.7 Å². The third-order valence-corrected chi connectivity index (χ3v) is 5.59. The molecular weight excluding hydrogens is 304 g/mol. The quantitative estimate of drug-likeness (QED) is 0.580. The lowest BCUT2D eigenvalue weighted by Crippen LogP contribution is -2.55. The lowest BCUT2D eigenvalue weighted by molar-refractivity contribution is -0.428. The zero-order valence-corrected chi connectivity index (χ0v) is 14.1. The van der Waals surface area contributed by atoms with Crippen LogP contribution in [0.1, 0.15) is 32.3 Å². The van der Waals surface area contributed by atoms with Crippen molar-refractivity contribution in [3.63, 3.8) is 0 Å². The van der Waals surface area contributed by atoms with Gasteiger partial charge in [0.05, 0.1) is 10.3 Å². The first-order chi connectivity index (χ1) is 11.4. The summed E-state index contributed by atoms with van der Waals surface area (Å²) in [7, 11) is 2.05. The Kier molecular flexibility index (Phi) is 2.95. The zero-order valence-electron chi connectivity index (χ0n) is 14.1. The van der Waals surface area contributed by atoms with Crippen molar-refractivity contribution in [2.24, 2.45) is 0 Å². The summed E-state index contributed by atoms with van der Waals surface area (Å²) in [4.78, 5) is 12.9. The molecule has 5 heteroatoms. The Balaban J connectivity index is 1.78. The highest BCUT2D eigenvalue weighted by Crippen LogP contribution is 2.54. The minimum absolute atomic E-state index is 0.236. The molecule has 0 fully saturated rings. The van der Waals surface area contributed by atoms with Gasteiger partial charge in [0.2, 0.25) is 11.4 Å². The molecule has 5 nitrogen and oxygen atoms in total. The van der Waals surface area contributed by atoms with Crippen LogP contribution in [0.4, 0.5) is 5.69 Å². The lowest BCUT2D eigenvalue weighted by Gasteiger charge is -2.46. The SMILES string of the molecule is CN1c2ccccc2C(C)(C)[C@]12C=CC1=C(CCC([N+](=O)[O-])=C1)O2. The van der Waals surface area contributed by atoms with Gasteiger partial charge in [-0.25, -0.2) is 0 Å². The van der Waals surface area contributed by atoms with Gasteiger partial charge in [-0.3, -0.25) is 10.1 Å². The van der Waals surface area contributed by atoms with E-state index in [4.69, 9.17) is 4.74 Å². The van der Waals surface area contributed by atoms with Gasteiger partial charge in [0, 0.05) is 37.2 Å². The van der Waals surface area contributed by atoms with Gasteiger partial charge in [-0.1, -0.05) is 18.2 Å². The van der Waals surface area contributed by atoms with E-state index in [0.29, 0.717) is 12.8 Å². The number of allylic oxidation sites excluding steroid dienone is 5. The van der Waals surface area contributed by atoms with E-state index in [0.717, 1.165) is 17.0 Å². The van der Waals surface area contributed by atoms with Crippen molar-refractivity contribution in [1.29, 1.82) is 0 Å². The van der Waals surface area contributed by atoms with Gasteiger partial charge in [-0.15, -0.1) is 0 Å². The van der Waals surface area contributed by atoms with Gasteiger partial charge in [0.1, 0.15) is 5.76 Å². The normalized spacial score (nSPS) is 26.8. The summed E-state index contributed by atoms with van der Waals surface area (Å²) in [5, 5.41) is 11.0. The van der Waals surface area contributed by atoms with Crippen molar-refractivity contribution in [2.75, 3.05) is 11.9 Å². The summed E-state index contributed by atoms with van der Waals surface area (Å²) < 4.78 is 6.53. The monoisotopic (exact) mass is 324 g/mol. The molecule has 0 unspecified atom stereocenters. The molecule has 1 aromatic carbocycles. The summed E-state index contributed by atoms with van der Waals surface area (Å²) in [6.45, 7) is 4.37. The Morgan fingerprint density at radius 3 is 2.71 bits per heavy atom. The number of anilines is 1. The molecule has 0 saturated heterocycles. The molecule has 0 amide bonds. The molecule has 2 heterocycles. The van der Waals surface area contributed by atoms with Crippen LogP contribution in [0, 0.1) is 10.1 Å². The van der Waals surface area contributed by atoms with Crippen LogP contribution < -0.4 is 4.90 Å². The molecule has 1 aromatic rings. The average Bonchev–Trinajstić information content (AvgIpc) is 2.74.